The number of rotatable bonds is 3. The molecule has 1 amide bonds. The second kappa shape index (κ2) is 9.16. The van der Waals surface area contributed by atoms with Crippen LogP contribution in [0.2, 0.25) is 0 Å². The van der Waals surface area contributed by atoms with E-state index >= 15 is 0 Å². The third-order valence-electron chi connectivity index (χ3n) is 7.51. The van der Waals surface area contributed by atoms with Crippen molar-refractivity contribution in [2.75, 3.05) is 11.5 Å². The summed E-state index contributed by atoms with van der Waals surface area (Å²) in [7, 11) is 0. The van der Waals surface area contributed by atoms with Gasteiger partial charge in [0.2, 0.25) is 0 Å². The Morgan fingerprint density at radius 1 is 0.842 bits per heavy atom. The molecular weight excluding hydrogens is 474 g/mol. The van der Waals surface area contributed by atoms with Crippen LogP contribution >= 0.6 is 0 Å². The average Bonchev–Trinajstić information content (AvgIpc) is 3.44. The van der Waals surface area contributed by atoms with Crippen molar-refractivity contribution in [2.24, 2.45) is 0 Å². The Hall–Kier alpha value is -3.86. The van der Waals surface area contributed by atoms with E-state index in [4.69, 9.17) is 4.74 Å². The van der Waals surface area contributed by atoms with E-state index < -0.39 is 17.7 Å². The molecule has 1 unspecified atom stereocenters. The molecule has 2 heterocycles. The smallest absolute Gasteiger partial charge is 0.300 e. The Balaban J connectivity index is 1.67. The van der Waals surface area contributed by atoms with Crippen LogP contribution in [0.25, 0.3) is 5.76 Å². The summed E-state index contributed by atoms with van der Waals surface area (Å²) >= 11 is 0. The number of Topliss-reactive ketones (excluding diaryl/α,β-unsaturated/α-hetero) is 1. The van der Waals surface area contributed by atoms with Crippen LogP contribution in [0.3, 0.4) is 0 Å². The van der Waals surface area contributed by atoms with Crippen LogP contribution in [-0.2, 0) is 26.8 Å². The molecule has 5 nitrogen and oxygen atoms in total. The summed E-state index contributed by atoms with van der Waals surface area (Å²) in [6.45, 7) is 13.4. The molecule has 0 aromatic heterocycles. The van der Waals surface area contributed by atoms with Crippen molar-refractivity contribution in [3.8, 4) is 5.75 Å². The number of carbonyl (C=O) groups is 2. The number of aliphatic hydroxyl groups excluding tert-OH is 1. The van der Waals surface area contributed by atoms with Crippen molar-refractivity contribution in [2.45, 2.75) is 64.8 Å². The molecule has 5 heteroatoms. The highest BCUT2D eigenvalue weighted by Gasteiger charge is 2.47. The SMILES string of the molecule is CC(C)(C)c1ccc(C2/C(=C(/O)c3ccc4c(c3)CCO4)C(=O)C(=O)N2c2ccc(C(C)(C)C)cc2)cc1. The van der Waals surface area contributed by atoms with Crippen LogP contribution in [0, 0.1) is 0 Å². The van der Waals surface area contributed by atoms with Gasteiger partial charge in [-0.3, -0.25) is 14.5 Å². The maximum absolute atomic E-state index is 13.5. The minimum Gasteiger partial charge on any atom is -0.507 e. The molecule has 1 atom stereocenters. The fourth-order valence-electron chi connectivity index (χ4n) is 5.19. The number of benzene rings is 3. The minimum absolute atomic E-state index is 0.0460. The largest absolute Gasteiger partial charge is 0.507 e. The Kier molecular flexibility index (Phi) is 6.21. The van der Waals surface area contributed by atoms with E-state index in [0.29, 0.717) is 17.9 Å². The summed E-state index contributed by atoms with van der Waals surface area (Å²) < 4.78 is 5.61. The zero-order valence-corrected chi connectivity index (χ0v) is 23.0. The van der Waals surface area contributed by atoms with Gasteiger partial charge in [0.25, 0.3) is 11.7 Å². The van der Waals surface area contributed by atoms with E-state index in [1.54, 1.807) is 6.07 Å². The second-order valence-corrected chi connectivity index (χ2v) is 12.3. The minimum atomic E-state index is -0.756. The third kappa shape index (κ3) is 4.51. The van der Waals surface area contributed by atoms with Crippen LogP contribution in [0.1, 0.15) is 75.4 Å². The number of ether oxygens (including phenoxy) is 1. The van der Waals surface area contributed by atoms with Gasteiger partial charge >= 0.3 is 0 Å². The summed E-state index contributed by atoms with van der Waals surface area (Å²) in [4.78, 5) is 28.6. The lowest BCUT2D eigenvalue weighted by Crippen LogP contribution is -2.29. The maximum Gasteiger partial charge on any atom is 0.300 e. The molecule has 38 heavy (non-hydrogen) atoms. The fourth-order valence-corrected chi connectivity index (χ4v) is 5.19. The molecule has 1 N–H and O–H groups in total. The zero-order valence-electron chi connectivity index (χ0n) is 23.0. The van der Waals surface area contributed by atoms with Crippen LogP contribution in [0.5, 0.6) is 5.75 Å². The van der Waals surface area contributed by atoms with E-state index in [1.807, 2.05) is 60.7 Å². The molecular formula is C33H35NO4. The van der Waals surface area contributed by atoms with Gasteiger partial charge in [0.15, 0.2) is 0 Å². The first-order valence-electron chi connectivity index (χ1n) is 13.1. The first kappa shape index (κ1) is 25.8. The molecule has 1 saturated heterocycles. The van der Waals surface area contributed by atoms with Crippen LogP contribution < -0.4 is 9.64 Å². The van der Waals surface area contributed by atoms with Crippen LogP contribution in [0.15, 0.2) is 72.3 Å². The quantitative estimate of drug-likeness (QED) is 0.238. The van der Waals surface area contributed by atoms with Gasteiger partial charge in [-0.1, -0.05) is 77.9 Å². The number of hydrogen-bond donors (Lipinski definition) is 1. The summed E-state index contributed by atoms with van der Waals surface area (Å²) in [5, 5.41) is 11.5. The number of fused-ring (bicyclic) bond motifs is 1. The van der Waals surface area contributed by atoms with Gasteiger partial charge in [-0.25, -0.2) is 0 Å². The number of nitrogens with zero attached hydrogens (tertiary/aromatic N) is 1. The van der Waals surface area contributed by atoms with Crippen molar-refractivity contribution in [3.05, 3.63) is 100 Å². The summed E-state index contributed by atoms with van der Waals surface area (Å²) in [5.41, 5.74) is 5.14. The van der Waals surface area contributed by atoms with Crippen molar-refractivity contribution in [3.63, 3.8) is 0 Å². The highest BCUT2D eigenvalue weighted by molar-refractivity contribution is 6.51. The van der Waals surface area contributed by atoms with E-state index in [2.05, 4.69) is 41.5 Å². The monoisotopic (exact) mass is 509 g/mol. The second-order valence-electron chi connectivity index (χ2n) is 12.3. The Labute approximate surface area is 224 Å². The molecule has 2 aliphatic heterocycles. The normalized spacial score (nSPS) is 19.0. The lowest BCUT2D eigenvalue weighted by molar-refractivity contribution is -0.132. The first-order valence-corrected chi connectivity index (χ1v) is 13.1. The zero-order chi connectivity index (χ0) is 27.4. The van der Waals surface area contributed by atoms with Crippen molar-refractivity contribution >= 4 is 23.1 Å². The molecule has 3 aromatic carbocycles. The van der Waals surface area contributed by atoms with E-state index in [9.17, 15) is 14.7 Å². The molecule has 1 fully saturated rings. The number of anilines is 1. The van der Waals surface area contributed by atoms with Gasteiger partial charge < -0.3 is 9.84 Å². The predicted octanol–water partition coefficient (Wildman–Crippen LogP) is 6.84. The maximum atomic E-state index is 13.5. The van der Waals surface area contributed by atoms with E-state index in [1.165, 1.54) is 4.90 Å². The van der Waals surface area contributed by atoms with Gasteiger partial charge in [0.05, 0.1) is 18.2 Å². The Morgan fingerprint density at radius 3 is 2.00 bits per heavy atom. The number of ketones is 1. The Morgan fingerprint density at radius 2 is 1.42 bits per heavy atom. The van der Waals surface area contributed by atoms with Crippen molar-refractivity contribution in [1.82, 2.24) is 0 Å². The third-order valence-corrected chi connectivity index (χ3v) is 7.51. The number of amides is 1. The van der Waals surface area contributed by atoms with Crippen LogP contribution in [-0.4, -0.2) is 23.4 Å². The molecule has 0 bridgehead atoms. The predicted molar refractivity (Wildman–Crippen MR) is 151 cm³/mol. The van der Waals surface area contributed by atoms with E-state index in [-0.39, 0.29) is 22.2 Å². The average molecular weight is 510 g/mol. The molecule has 0 radical (unpaired) electrons. The number of carbonyl (C=O) groups excluding carboxylic acids is 2. The number of aliphatic hydroxyl groups is 1. The molecule has 0 saturated carbocycles. The van der Waals surface area contributed by atoms with Crippen LogP contribution in [0.4, 0.5) is 5.69 Å². The summed E-state index contributed by atoms with van der Waals surface area (Å²) in [6.07, 6.45) is 0.739. The molecule has 196 valence electrons. The molecule has 3 aromatic rings. The highest BCUT2D eigenvalue weighted by atomic mass is 16.5. The molecule has 0 aliphatic carbocycles. The number of hydrogen-bond acceptors (Lipinski definition) is 4. The van der Waals surface area contributed by atoms with Gasteiger partial charge in [-0.2, -0.15) is 0 Å². The topological polar surface area (TPSA) is 66.8 Å². The van der Waals surface area contributed by atoms with Crippen molar-refractivity contribution in [1.29, 1.82) is 0 Å². The highest BCUT2D eigenvalue weighted by Crippen LogP contribution is 2.43. The van der Waals surface area contributed by atoms with Gasteiger partial charge in [0.1, 0.15) is 11.5 Å². The summed E-state index contributed by atoms with van der Waals surface area (Å²) in [6, 6.07) is 20.4. The standard InChI is InChI=1S/C33H35NO4/c1-32(2,3)23-10-7-20(8-11-23)28-27(29(35)22-9-16-26-21(19-22)17-18-38-26)30(36)31(37)34(28)25-14-12-24(13-15-25)33(4,5)6/h7-16,19,28,35H,17-18H2,1-6H3/b29-27-. The summed E-state index contributed by atoms with van der Waals surface area (Å²) in [5.74, 6) is -0.722. The van der Waals surface area contributed by atoms with E-state index in [0.717, 1.165) is 34.4 Å². The first-order chi connectivity index (χ1) is 17.9. The molecule has 2 aliphatic rings. The lowest BCUT2D eigenvalue weighted by Gasteiger charge is -2.27. The fraction of sp³-hybridized carbons (Fsp3) is 0.333. The lowest BCUT2D eigenvalue weighted by atomic mass is 9.85. The van der Waals surface area contributed by atoms with Gasteiger partial charge in [0, 0.05) is 17.7 Å². The van der Waals surface area contributed by atoms with Gasteiger partial charge in [-0.15, -0.1) is 0 Å². The Bertz CT molecular complexity index is 1430. The van der Waals surface area contributed by atoms with Gasteiger partial charge in [-0.05, 0) is 63.4 Å². The molecule has 0 spiro atoms. The molecule has 5 rings (SSSR count). The van der Waals surface area contributed by atoms with Crippen molar-refractivity contribution < 1.29 is 19.4 Å².